The molecule has 7 nitrogen and oxygen atoms in total. The van der Waals surface area contributed by atoms with Crippen LogP contribution < -0.4 is 14.9 Å². The maximum Gasteiger partial charge on any atom is 0.338 e. The molecule has 0 spiro atoms. The number of hydrogen-bond donors (Lipinski definition) is 0. The molecule has 0 saturated heterocycles. The number of nitrogens with zero attached hydrogens (tertiary/aromatic N) is 4. The van der Waals surface area contributed by atoms with Gasteiger partial charge in [-0.25, -0.2) is 9.79 Å². The van der Waals surface area contributed by atoms with Crippen LogP contribution in [0.3, 0.4) is 0 Å². The molecule has 5 aromatic rings. The average molecular weight is 593 g/mol. The zero-order valence-electron chi connectivity index (χ0n) is 22.9. The van der Waals surface area contributed by atoms with Gasteiger partial charge >= 0.3 is 5.97 Å². The number of fused-ring (bicyclic) bond motifs is 2. The van der Waals surface area contributed by atoms with Crippen molar-refractivity contribution in [1.82, 2.24) is 9.13 Å². The molecule has 42 heavy (non-hydrogen) atoms. The van der Waals surface area contributed by atoms with Crippen LogP contribution in [0.4, 0.5) is 0 Å². The van der Waals surface area contributed by atoms with E-state index in [2.05, 4.69) is 15.6 Å². The molecule has 1 aliphatic heterocycles. The molecule has 0 bridgehead atoms. The Hall–Kier alpha value is -4.71. The number of hydrogen-bond acceptors (Lipinski definition) is 6. The summed E-state index contributed by atoms with van der Waals surface area (Å²) in [4.78, 5) is 32.3. The summed E-state index contributed by atoms with van der Waals surface area (Å²) >= 11 is 7.44. The van der Waals surface area contributed by atoms with Crippen molar-refractivity contribution in [3.8, 4) is 6.07 Å². The predicted molar refractivity (Wildman–Crippen MR) is 164 cm³/mol. The lowest BCUT2D eigenvalue weighted by molar-refractivity contribution is -0.139. The summed E-state index contributed by atoms with van der Waals surface area (Å²) in [5.41, 5.74) is 4.71. The molecule has 0 saturated carbocycles. The van der Waals surface area contributed by atoms with E-state index < -0.39 is 12.0 Å². The van der Waals surface area contributed by atoms with Gasteiger partial charge in [0.1, 0.15) is 0 Å². The van der Waals surface area contributed by atoms with Crippen molar-refractivity contribution in [1.29, 1.82) is 5.26 Å². The third-order valence-electron chi connectivity index (χ3n) is 7.29. The highest BCUT2D eigenvalue weighted by molar-refractivity contribution is 7.07. The highest BCUT2D eigenvalue weighted by atomic mass is 35.5. The summed E-state index contributed by atoms with van der Waals surface area (Å²) in [5.74, 6) is -0.506. The van der Waals surface area contributed by atoms with Gasteiger partial charge in [0.25, 0.3) is 5.56 Å². The standard InChI is InChI=1S/C33H25ClN4O3S/c1-3-41-32(40)29-20(2)36-33-38(30(29)21-12-14-25(34)15-13-21)31(39)28(42-33)16-24-19-37(27-11-7-6-10-26(24)27)18-23-9-5-4-8-22(23)17-35/h4-16,19,30H,3,18H2,1-2H3/b28-16+/t30-/m1/s1. The molecular weight excluding hydrogens is 568 g/mol. The van der Waals surface area contributed by atoms with Gasteiger partial charge in [0.05, 0.1) is 40.1 Å². The van der Waals surface area contributed by atoms with E-state index in [1.165, 1.54) is 11.3 Å². The van der Waals surface area contributed by atoms with Gasteiger partial charge in [-0.1, -0.05) is 71.5 Å². The van der Waals surface area contributed by atoms with E-state index in [-0.39, 0.29) is 12.2 Å². The number of carbonyl (C=O) groups is 1. The molecule has 0 unspecified atom stereocenters. The fraction of sp³-hybridized carbons (Fsp3) is 0.152. The molecular formula is C33H25ClN4O3S. The Bertz CT molecular complexity index is 2110. The van der Waals surface area contributed by atoms with Gasteiger partial charge in [-0.3, -0.25) is 9.36 Å². The van der Waals surface area contributed by atoms with E-state index in [1.54, 1.807) is 30.5 Å². The second-order valence-corrected chi connectivity index (χ2v) is 11.3. The first kappa shape index (κ1) is 27.5. The minimum absolute atomic E-state index is 0.205. The number of para-hydroxylation sites is 1. The maximum absolute atomic E-state index is 14.1. The summed E-state index contributed by atoms with van der Waals surface area (Å²) in [5, 5.41) is 11.1. The van der Waals surface area contributed by atoms with E-state index in [4.69, 9.17) is 16.3 Å². The first-order valence-corrected chi connectivity index (χ1v) is 14.6. The first-order chi connectivity index (χ1) is 20.4. The van der Waals surface area contributed by atoms with E-state index in [0.717, 1.165) is 27.6 Å². The van der Waals surface area contributed by atoms with Crippen LogP contribution in [0, 0.1) is 11.3 Å². The molecule has 0 fully saturated rings. The first-order valence-electron chi connectivity index (χ1n) is 13.4. The largest absolute Gasteiger partial charge is 0.463 e. The molecule has 208 valence electrons. The van der Waals surface area contributed by atoms with Crippen molar-refractivity contribution in [2.24, 2.45) is 4.99 Å². The van der Waals surface area contributed by atoms with Gasteiger partial charge < -0.3 is 9.30 Å². The van der Waals surface area contributed by atoms with Gasteiger partial charge in [-0.05, 0) is 55.3 Å². The van der Waals surface area contributed by atoms with Crippen molar-refractivity contribution in [2.45, 2.75) is 26.4 Å². The second kappa shape index (κ2) is 11.3. The van der Waals surface area contributed by atoms with Crippen LogP contribution in [0.15, 0.2) is 100 Å². The topological polar surface area (TPSA) is 89.4 Å². The lowest BCUT2D eigenvalue weighted by Crippen LogP contribution is -2.39. The normalized spacial score (nSPS) is 14.9. The van der Waals surface area contributed by atoms with Crippen molar-refractivity contribution in [3.05, 3.63) is 137 Å². The van der Waals surface area contributed by atoms with Gasteiger partial charge in [-0.2, -0.15) is 5.26 Å². The Balaban J connectivity index is 1.52. The highest BCUT2D eigenvalue weighted by Gasteiger charge is 2.33. The summed E-state index contributed by atoms with van der Waals surface area (Å²) in [7, 11) is 0. The minimum atomic E-state index is -0.705. The fourth-order valence-corrected chi connectivity index (χ4v) is 6.53. The molecule has 0 amide bonds. The third kappa shape index (κ3) is 4.87. The van der Waals surface area contributed by atoms with E-state index in [1.807, 2.05) is 72.9 Å². The van der Waals surface area contributed by atoms with Gasteiger partial charge in [0, 0.05) is 34.2 Å². The van der Waals surface area contributed by atoms with Crippen molar-refractivity contribution < 1.29 is 9.53 Å². The quantitative estimate of drug-likeness (QED) is 0.249. The van der Waals surface area contributed by atoms with Crippen LogP contribution in [0.25, 0.3) is 17.0 Å². The Morgan fingerprint density at radius 1 is 1.12 bits per heavy atom. The number of rotatable bonds is 6. The second-order valence-electron chi connectivity index (χ2n) is 9.85. The Morgan fingerprint density at radius 2 is 1.86 bits per heavy atom. The molecule has 6 rings (SSSR count). The van der Waals surface area contributed by atoms with Crippen molar-refractivity contribution in [3.63, 3.8) is 0 Å². The van der Waals surface area contributed by atoms with Crippen molar-refractivity contribution >= 4 is 45.9 Å². The van der Waals surface area contributed by atoms with Crippen LogP contribution in [0.5, 0.6) is 0 Å². The Labute approximate surface area is 250 Å². The summed E-state index contributed by atoms with van der Waals surface area (Å²) in [6.07, 6.45) is 3.88. The minimum Gasteiger partial charge on any atom is -0.463 e. The monoisotopic (exact) mass is 592 g/mol. The van der Waals surface area contributed by atoms with Gasteiger partial charge in [0.2, 0.25) is 0 Å². The molecule has 2 aromatic heterocycles. The predicted octanol–water partition coefficient (Wildman–Crippen LogP) is 5.33. The maximum atomic E-state index is 14.1. The molecule has 9 heteroatoms. The van der Waals surface area contributed by atoms with Gasteiger partial charge in [-0.15, -0.1) is 0 Å². The fourth-order valence-electron chi connectivity index (χ4n) is 5.37. The van der Waals surface area contributed by atoms with E-state index in [9.17, 15) is 14.9 Å². The molecule has 0 aliphatic carbocycles. The molecule has 3 heterocycles. The molecule has 1 aliphatic rings. The summed E-state index contributed by atoms with van der Waals surface area (Å²) < 4.78 is 9.53. The van der Waals surface area contributed by atoms with Gasteiger partial charge in [0.15, 0.2) is 4.80 Å². The zero-order chi connectivity index (χ0) is 29.4. The van der Waals surface area contributed by atoms with Crippen LogP contribution in [-0.4, -0.2) is 21.7 Å². The smallest absolute Gasteiger partial charge is 0.338 e. The number of allylic oxidation sites excluding steroid dienone is 1. The molecule has 3 aromatic carbocycles. The SMILES string of the molecule is CCOC(=O)C1=C(C)N=c2s/c(=C/c3cn(Cc4ccccc4C#N)c4ccccc34)c(=O)n2[C@@H]1c1ccc(Cl)cc1. The van der Waals surface area contributed by atoms with Crippen LogP contribution in [0.1, 0.15) is 42.1 Å². The highest BCUT2D eigenvalue weighted by Crippen LogP contribution is 2.31. The zero-order valence-corrected chi connectivity index (χ0v) is 24.4. The number of carbonyl (C=O) groups excluding carboxylic acids is 1. The number of halogens is 1. The molecule has 0 N–H and O–H groups in total. The molecule has 0 radical (unpaired) electrons. The lowest BCUT2D eigenvalue weighted by Gasteiger charge is -2.24. The Kier molecular flexibility index (Phi) is 7.38. The summed E-state index contributed by atoms with van der Waals surface area (Å²) in [6, 6.07) is 24.2. The van der Waals surface area contributed by atoms with Crippen LogP contribution in [0.2, 0.25) is 5.02 Å². The number of benzene rings is 3. The lowest BCUT2D eigenvalue weighted by atomic mass is 9.96. The number of esters is 1. The van der Waals surface area contributed by atoms with Crippen LogP contribution in [-0.2, 0) is 16.1 Å². The van der Waals surface area contributed by atoms with Crippen LogP contribution >= 0.6 is 22.9 Å². The molecule has 1 atom stereocenters. The summed E-state index contributed by atoms with van der Waals surface area (Å²) in [6.45, 7) is 4.23. The number of ether oxygens (including phenoxy) is 1. The number of aromatic nitrogens is 2. The number of nitriles is 1. The number of thiazole rings is 1. The van der Waals surface area contributed by atoms with Crippen molar-refractivity contribution in [2.75, 3.05) is 6.61 Å². The third-order valence-corrected chi connectivity index (χ3v) is 8.52. The Morgan fingerprint density at radius 3 is 2.62 bits per heavy atom. The average Bonchev–Trinajstić information content (AvgIpc) is 3.49. The van der Waals surface area contributed by atoms with E-state index in [0.29, 0.717) is 37.7 Å². The van der Waals surface area contributed by atoms with E-state index >= 15 is 0 Å².